The summed E-state index contributed by atoms with van der Waals surface area (Å²) in [6.45, 7) is 5.66. The number of nitrogen functional groups attached to an aromatic ring is 1. The zero-order valence-corrected chi connectivity index (χ0v) is 15.3. The number of anilines is 1. The second-order valence-corrected chi connectivity index (χ2v) is 6.73. The first kappa shape index (κ1) is 17.9. The zero-order chi connectivity index (χ0) is 16.5. The maximum atomic E-state index is 5.89. The highest BCUT2D eigenvalue weighted by Crippen LogP contribution is 2.17. The standard InChI is InChI=1S/C14H18N8OS.ClH/c1-9-17-13(15)12-14(18-9)22(20-19-12)7-10-6-21(3-4-23-10)8-11-16-2-5-24-11;/h2,5,10H,3-4,6-8H2,1H3,(H2,15,17,18);1H/t10-;/m1./s1. The third-order valence-corrected chi connectivity index (χ3v) is 4.71. The molecule has 0 spiro atoms. The lowest BCUT2D eigenvalue weighted by Gasteiger charge is -2.32. The van der Waals surface area contributed by atoms with Gasteiger partial charge in [0.25, 0.3) is 0 Å². The van der Waals surface area contributed by atoms with Gasteiger partial charge in [0.05, 0.1) is 25.8 Å². The van der Waals surface area contributed by atoms with Crippen LogP contribution in [0.5, 0.6) is 0 Å². The molecule has 11 heteroatoms. The van der Waals surface area contributed by atoms with Gasteiger partial charge in [-0.05, 0) is 6.92 Å². The first-order valence-corrected chi connectivity index (χ1v) is 8.62. The van der Waals surface area contributed by atoms with Gasteiger partial charge in [-0.15, -0.1) is 28.8 Å². The Labute approximate surface area is 154 Å². The zero-order valence-electron chi connectivity index (χ0n) is 13.7. The van der Waals surface area contributed by atoms with Crippen molar-refractivity contribution in [2.75, 3.05) is 25.4 Å². The number of aryl methyl sites for hydroxylation is 1. The summed E-state index contributed by atoms with van der Waals surface area (Å²) in [4.78, 5) is 15.2. The van der Waals surface area contributed by atoms with Crippen LogP contribution in [0.3, 0.4) is 0 Å². The van der Waals surface area contributed by atoms with Crippen molar-refractivity contribution < 1.29 is 4.74 Å². The van der Waals surface area contributed by atoms with Crippen LogP contribution in [0.15, 0.2) is 11.6 Å². The average molecular weight is 383 g/mol. The molecular formula is C14H19ClN8OS. The van der Waals surface area contributed by atoms with Gasteiger partial charge in [-0.2, -0.15) is 0 Å². The summed E-state index contributed by atoms with van der Waals surface area (Å²) in [5, 5.41) is 11.4. The fourth-order valence-corrected chi connectivity index (χ4v) is 3.52. The van der Waals surface area contributed by atoms with Gasteiger partial charge in [0.15, 0.2) is 17.0 Å². The van der Waals surface area contributed by atoms with E-state index < -0.39 is 0 Å². The van der Waals surface area contributed by atoms with Crippen LogP contribution >= 0.6 is 23.7 Å². The molecule has 0 unspecified atom stereocenters. The summed E-state index contributed by atoms with van der Waals surface area (Å²) in [5.74, 6) is 0.970. The molecule has 3 aromatic rings. The molecule has 25 heavy (non-hydrogen) atoms. The van der Waals surface area contributed by atoms with Gasteiger partial charge in [0, 0.05) is 24.7 Å². The molecule has 0 radical (unpaired) electrons. The van der Waals surface area contributed by atoms with Crippen LogP contribution in [-0.2, 0) is 17.8 Å². The number of rotatable bonds is 4. The number of halogens is 1. The Morgan fingerprint density at radius 2 is 2.28 bits per heavy atom. The predicted octanol–water partition coefficient (Wildman–Crippen LogP) is 0.891. The van der Waals surface area contributed by atoms with E-state index >= 15 is 0 Å². The second-order valence-electron chi connectivity index (χ2n) is 5.75. The molecule has 1 aliphatic rings. The van der Waals surface area contributed by atoms with Crippen LogP contribution in [0.2, 0.25) is 0 Å². The Balaban J connectivity index is 0.00000182. The number of hydrogen-bond acceptors (Lipinski definition) is 9. The largest absolute Gasteiger partial charge is 0.382 e. The fourth-order valence-electron chi connectivity index (χ4n) is 2.86. The molecule has 1 saturated heterocycles. The first-order valence-electron chi connectivity index (χ1n) is 7.74. The van der Waals surface area contributed by atoms with E-state index in [-0.39, 0.29) is 18.5 Å². The molecule has 3 aromatic heterocycles. The van der Waals surface area contributed by atoms with E-state index in [0.29, 0.717) is 36.0 Å². The third kappa shape index (κ3) is 3.87. The average Bonchev–Trinajstić information content (AvgIpc) is 3.18. The van der Waals surface area contributed by atoms with E-state index in [9.17, 15) is 0 Å². The lowest BCUT2D eigenvalue weighted by atomic mass is 10.2. The molecule has 1 aliphatic heterocycles. The van der Waals surface area contributed by atoms with Crippen molar-refractivity contribution in [2.45, 2.75) is 26.1 Å². The second kappa shape index (κ2) is 7.56. The first-order chi connectivity index (χ1) is 11.7. The van der Waals surface area contributed by atoms with E-state index in [2.05, 4.69) is 30.2 Å². The molecule has 4 heterocycles. The number of fused-ring (bicyclic) bond motifs is 1. The normalized spacial score (nSPS) is 18.4. The van der Waals surface area contributed by atoms with E-state index in [1.54, 1.807) is 22.9 Å². The van der Waals surface area contributed by atoms with Crippen molar-refractivity contribution in [3.05, 3.63) is 22.4 Å². The number of nitrogens with zero attached hydrogens (tertiary/aromatic N) is 7. The molecule has 0 aliphatic carbocycles. The van der Waals surface area contributed by atoms with E-state index in [0.717, 1.165) is 24.6 Å². The lowest BCUT2D eigenvalue weighted by Crippen LogP contribution is -2.43. The van der Waals surface area contributed by atoms with E-state index in [1.807, 2.05) is 11.6 Å². The van der Waals surface area contributed by atoms with Gasteiger partial charge in [-0.3, -0.25) is 4.90 Å². The number of nitrogens with two attached hydrogens (primary N) is 1. The van der Waals surface area contributed by atoms with Crippen LogP contribution in [0.25, 0.3) is 11.2 Å². The molecule has 1 fully saturated rings. The SMILES string of the molecule is Cc1nc(N)c2nnn(C[C@H]3CN(Cc4nccs4)CCO3)c2n1.Cl. The van der Waals surface area contributed by atoms with Crippen molar-refractivity contribution in [3.8, 4) is 0 Å². The molecule has 0 bridgehead atoms. The minimum Gasteiger partial charge on any atom is -0.382 e. The molecule has 4 rings (SSSR count). The van der Waals surface area contributed by atoms with Crippen LogP contribution in [0.4, 0.5) is 5.82 Å². The Morgan fingerprint density at radius 1 is 1.40 bits per heavy atom. The monoisotopic (exact) mass is 382 g/mol. The van der Waals surface area contributed by atoms with E-state index in [4.69, 9.17) is 10.5 Å². The smallest absolute Gasteiger partial charge is 0.184 e. The van der Waals surface area contributed by atoms with Gasteiger partial charge < -0.3 is 10.5 Å². The molecular weight excluding hydrogens is 364 g/mol. The molecule has 0 amide bonds. The van der Waals surface area contributed by atoms with Crippen molar-refractivity contribution in [2.24, 2.45) is 0 Å². The summed E-state index contributed by atoms with van der Waals surface area (Å²) >= 11 is 1.68. The van der Waals surface area contributed by atoms with Gasteiger partial charge in [-0.1, -0.05) is 5.21 Å². The summed E-state index contributed by atoms with van der Waals surface area (Å²) < 4.78 is 7.64. The van der Waals surface area contributed by atoms with E-state index in [1.165, 1.54) is 0 Å². The quantitative estimate of drug-likeness (QED) is 0.708. The summed E-state index contributed by atoms with van der Waals surface area (Å²) in [7, 11) is 0. The van der Waals surface area contributed by atoms with Crippen LogP contribution in [0, 0.1) is 6.92 Å². The third-order valence-electron chi connectivity index (χ3n) is 3.94. The molecule has 134 valence electrons. The highest BCUT2D eigenvalue weighted by Gasteiger charge is 2.23. The molecule has 0 saturated carbocycles. The van der Waals surface area contributed by atoms with Crippen LogP contribution < -0.4 is 5.73 Å². The van der Waals surface area contributed by atoms with Gasteiger partial charge in [0.2, 0.25) is 0 Å². The minimum atomic E-state index is 0. The number of hydrogen-bond donors (Lipinski definition) is 1. The highest BCUT2D eigenvalue weighted by molar-refractivity contribution is 7.09. The Kier molecular flexibility index (Phi) is 5.42. The number of thiazole rings is 1. The maximum Gasteiger partial charge on any atom is 0.184 e. The van der Waals surface area contributed by atoms with Gasteiger partial charge in [-0.25, -0.2) is 19.6 Å². The fraction of sp³-hybridized carbons (Fsp3) is 0.500. The topological polar surface area (TPSA) is 108 Å². The Hall–Kier alpha value is -1.88. The van der Waals surface area contributed by atoms with Crippen molar-refractivity contribution in [1.82, 2.24) is 34.8 Å². The van der Waals surface area contributed by atoms with Crippen molar-refractivity contribution in [1.29, 1.82) is 0 Å². The minimum absolute atomic E-state index is 0. The Bertz CT molecular complexity index is 839. The molecule has 2 N–H and O–H groups in total. The summed E-state index contributed by atoms with van der Waals surface area (Å²) in [5.41, 5.74) is 7.08. The van der Waals surface area contributed by atoms with Crippen LogP contribution in [0.1, 0.15) is 10.8 Å². The van der Waals surface area contributed by atoms with Crippen molar-refractivity contribution in [3.63, 3.8) is 0 Å². The Morgan fingerprint density at radius 3 is 3.08 bits per heavy atom. The summed E-state index contributed by atoms with van der Waals surface area (Å²) in [6.07, 6.45) is 1.87. The number of morpholine rings is 1. The predicted molar refractivity (Wildman–Crippen MR) is 96.6 cm³/mol. The van der Waals surface area contributed by atoms with Crippen LogP contribution in [-0.4, -0.2) is 60.6 Å². The lowest BCUT2D eigenvalue weighted by molar-refractivity contribution is -0.0399. The highest BCUT2D eigenvalue weighted by atomic mass is 35.5. The van der Waals surface area contributed by atoms with Gasteiger partial charge >= 0.3 is 0 Å². The molecule has 0 aromatic carbocycles. The number of ether oxygens (including phenoxy) is 1. The molecule has 1 atom stereocenters. The maximum absolute atomic E-state index is 5.89. The van der Waals surface area contributed by atoms with Gasteiger partial charge in [0.1, 0.15) is 10.8 Å². The van der Waals surface area contributed by atoms with Crippen molar-refractivity contribution >= 4 is 40.7 Å². The summed E-state index contributed by atoms with van der Waals surface area (Å²) in [6, 6.07) is 0. The molecule has 9 nitrogen and oxygen atoms in total. The number of aromatic nitrogens is 6.